The van der Waals surface area contributed by atoms with Crippen molar-refractivity contribution in [1.82, 2.24) is 9.97 Å². The first-order chi connectivity index (χ1) is 9.65. The third-order valence-electron chi connectivity index (χ3n) is 2.73. The van der Waals surface area contributed by atoms with Gasteiger partial charge in [0.15, 0.2) is 0 Å². The highest BCUT2D eigenvalue weighted by Crippen LogP contribution is 2.11. The predicted octanol–water partition coefficient (Wildman–Crippen LogP) is 2.68. The Morgan fingerprint density at radius 1 is 1.20 bits per heavy atom. The van der Waals surface area contributed by atoms with Crippen LogP contribution in [0.2, 0.25) is 0 Å². The van der Waals surface area contributed by atoms with Crippen LogP contribution in [0.15, 0.2) is 42.7 Å². The number of carbonyl (C=O) groups excluding carboxylic acids is 1. The average Bonchev–Trinajstić information content (AvgIpc) is 2.47. The molecule has 104 valence electrons. The molecule has 0 bridgehead atoms. The molecular formula is C15H18N4O. The SMILES string of the molecule is CC(C)C(=O)Nc1ccc(NCc2ccccn2)nc1. The van der Waals surface area contributed by atoms with E-state index in [0.717, 1.165) is 11.5 Å². The molecule has 0 atom stereocenters. The van der Waals surface area contributed by atoms with Gasteiger partial charge in [-0.2, -0.15) is 0 Å². The molecule has 5 nitrogen and oxygen atoms in total. The first-order valence-electron chi connectivity index (χ1n) is 6.56. The maximum Gasteiger partial charge on any atom is 0.226 e. The lowest BCUT2D eigenvalue weighted by Gasteiger charge is -2.09. The zero-order valence-electron chi connectivity index (χ0n) is 11.6. The molecule has 20 heavy (non-hydrogen) atoms. The first kappa shape index (κ1) is 14.0. The maximum atomic E-state index is 11.5. The molecule has 0 aliphatic carbocycles. The lowest BCUT2D eigenvalue weighted by Crippen LogP contribution is -2.17. The van der Waals surface area contributed by atoms with Gasteiger partial charge >= 0.3 is 0 Å². The minimum atomic E-state index is -0.0445. The molecule has 0 fully saturated rings. The number of aromatic nitrogens is 2. The van der Waals surface area contributed by atoms with Crippen molar-refractivity contribution in [2.75, 3.05) is 10.6 Å². The summed E-state index contributed by atoms with van der Waals surface area (Å²) in [6.45, 7) is 4.32. The number of amides is 1. The minimum Gasteiger partial charge on any atom is -0.364 e. The van der Waals surface area contributed by atoms with E-state index in [0.29, 0.717) is 12.2 Å². The van der Waals surface area contributed by atoms with E-state index >= 15 is 0 Å². The molecular weight excluding hydrogens is 252 g/mol. The fraction of sp³-hybridized carbons (Fsp3) is 0.267. The van der Waals surface area contributed by atoms with Crippen LogP contribution in [-0.2, 0) is 11.3 Å². The number of rotatable bonds is 5. The van der Waals surface area contributed by atoms with Gasteiger partial charge in [0.1, 0.15) is 5.82 Å². The van der Waals surface area contributed by atoms with Crippen LogP contribution in [-0.4, -0.2) is 15.9 Å². The topological polar surface area (TPSA) is 66.9 Å². The second-order valence-corrected chi connectivity index (χ2v) is 4.75. The fourth-order valence-corrected chi connectivity index (χ4v) is 1.54. The summed E-state index contributed by atoms with van der Waals surface area (Å²) in [4.78, 5) is 20.0. The third-order valence-corrected chi connectivity index (χ3v) is 2.73. The Bertz CT molecular complexity index is 552. The van der Waals surface area contributed by atoms with Crippen LogP contribution in [0.3, 0.4) is 0 Å². The summed E-state index contributed by atoms with van der Waals surface area (Å²) in [6.07, 6.45) is 3.40. The number of hydrogen-bond donors (Lipinski definition) is 2. The summed E-state index contributed by atoms with van der Waals surface area (Å²) in [5.74, 6) is 0.691. The molecule has 2 aromatic heterocycles. The van der Waals surface area contributed by atoms with Gasteiger partial charge in [-0.1, -0.05) is 19.9 Å². The molecule has 0 aromatic carbocycles. The van der Waals surface area contributed by atoms with Crippen molar-refractivity contribution in [2.45, 2.75) is 20.4 Å². The number of carbonyl (C=O) groups is 1. The van der Waals surface area contributed by atoms with E-state index in [4.69, 9.17) is 0 Å². The van der Waals surface area contributed by atoms with Crippen molar-refractivity contribution in [3.63, 3.8) is 0 Å². The summed E-state index contributed by atoms with van der Waals surface area (Å²) in [6, 6.07) is 9.44. The van der Waals surface area contributed by atoms with Crippen LogP contribution in [0, 0.1) is 5.92 Å². The Kier molecular flexibility index (Phi) is 4.65. The van der Waals surface area contributed by atoms with E-state index in [9.17, 15) is 4.79 Å². The summed E-state index contributed by atoms with van der Waals surface area (Å²) in [5.41, 5.74) is 1.65. The molecule has 0 saturated heterocycles. The molecule has 2 rings (SSSR count). The molecule has 0 spiro atoms. The van der Waals surface area contributed by atoms with Crippen LogP contribution in [0.25, 0.3) is 0 Å². The van der Waals surface area contributed by atoms with E-state index in [1.54, 1.807) is 12.4 Å². The molecule has 0 aliphatic heterocycles. The van der Waals surface area contributed by atoms with E-state index in [2.05, 4.69) is 20.6 Å². The van der Waals surface area contributed by atoms with Crippen molar-refractivity contribution in [3.8, 4) is 0 Å². The Morgan fingerprint density at radius 3 is 2.65 bits per heavy atom. The second-order valence-electron chi connectivity index (χ2n) is 4.75. The van der Waals surface area contributed by atoms with E-state index in [-0.39, 0.29) is 11.8 Å². The largest absolute Gasteiger partial charge is 0.364 e. The van der Waals surface area contributed by atoms with Gasteiger partial charge < -0.3 is 10.6 Å². The quantitative estimate of drug-likeness (QED) is 0.876. The van der Waals surface area contributed by atoms with Gasteiger partial charge in [0.2, 0.25) is 5.91 Å². The molecule has 0 saturated carbocycles. The highest BCUT2D eigenvalue weighted by atomic mass is 16.1. The average molecular weight is 270 g/mol. The van der Waals surface area contributed by atoms with Crippen molar-refractivity contribution in [3.05, 3.63) is 48.4 Å². The maximum absolute atomic E-state index is 11.5. The molecule has 0 radical (unpaired) electrons. The molecule has 0 aliphatic rings. The van der Waals surface area contributed by atoms with Gasteiger partial charge in [-0.3, -0.25) is 9.78 Å². The zero-order valence-corrected chi connectivity index (χ0v) is 11.6. The van der Waals surface area contributed by atoms with E-state index < -0.39 is 0 Å². The standard InChI is InChI=1S/C15H18N4O/c1-11(2)15(20)19-13-6-7-14(18-10-13)17-9-12-5-3-4-8-16-12/h3-8,10-11H,9H2,1-2H3,(H,17,18)(H,19,20). The molecule has 1 amide bonds. The van der Waals surface area contributed by atoms with Gasteiger partial charge in [-0.05, 0) is 24.3 Å². The summed E-state index contributed by atoms with van der Waals surface area (Å²) >= 11 is 0. The number of pyridine rings is 2. The highest BCUT2D eigenvalue weighted by molar-refractivity contribution is 5.91. The number of nitrogens with zero attached hydrogens (tertiary/aromatic N) is 2. The van der Waals surface area contributed by atoms with Crippen molar-refractivity contribution < 1.29 is 4.79 Å². The molecule has 2 N–H and O–H groups in total. The molecule has 2 aromatic rings. The minimum absolute atomic E-state index is 0.0130. The highest BCUT2D eigenvalue weighted by Gasteiger charge is 2.06. The monoisotopic (exact) mass is 270 g/mol. The van der Waals surface area contributed by atoms with Gasteiger partial charge in [-0.25, -0.2) is 4.98 Å². The van der Waals surface area contributed by atoms with Crippen LogP contribution in [0.4, 0.5) is 11.5 Å². The molecule has 0 unspecified atom stereocenters. The number of nitrogens with one attached hydrogen (secondary N) is 2. The van der Waals surface area contributed by atoms with Crippen LogP contribution < -0.4 is 10.6 Å². The Balaban J connectivity index is 1.90. The Hall–Kier alpha value is -2.43. The van der Waals surface area contributed by atoms with Crippen molar-refractivity contribution >= 4 is 17.4 Å². The summed E-state index contributed by atoms with van der Waals surface area (Å²) < 4.78 is 0. The normalized spacial score (nSPS) is 10.3. The smallest absolute Gasteiger partial charge is 0.226 e. The summed E-state index contributed by atoms with van der Waals surface area (Å²) in [7, 11) is 0. The Labute approximate surface area is 118 Å². The van der Waals surface area contributed by atoms with Crippen LogP contribution >= 0.6 is 0 Å². The number of hydrogen-bond acceptors (Lipinski definition) is 4. The van der Waals surface area contributed by atoms with Gasteiger partial charge in [0.25, 0.3) is 0 Å². The lowest BCUT2D eigenvalue weighted by molar-refractivity contribution is -0.118. The van der Waals surface area contributed by atoms with Gasteiger partial charge in [-0.15, -0.1) is 0 Å². The van der Waals surface area contributed by atoms with E-state index in [1.165, 1.54) is 0 Å². The van der Waals surface area contributed by atoms with E-state index in [1.807, 2.05) is 44.2 Å². The third kappa shape index (κ3) is 4.05. The van der Waals surface area contributed by atoms with Crippen LogP contribution in [0.1, 0.15) is 19.5 Å². The first-order valence-corrected chi connectivity index (χ1v) is 6.56. The van der Waals surface area contributed by atoms with Crippen LogP contribution in [0.5, 0.6) is 0 Å². The molecule has 2 heterocycles. The zero-order chi connectivity index (χ0) is 14.4. The van der Waals surface area contributed by atoms with Crippen molar-refractivity contribution in [2.24, 2.45) is 5.92 Å². The van der Waals surface area contributed by atoms with Gasteiger partial charge in [0.05, 0.1) is 24.1 Å². The fourth-order valence-electron chi connectivity index (χ4n) is 1.54. The second kappa shape index (κ2) is 6.65. The number of anilines is 2. The van der Waals surface area contributed by atoms with Gasteiger partial charge in [0, 0.05) is 12.1 Å². The molecule has 5 heteroatoms. The van der Waals surface area contributed by atoms with Crippen molar-refractivity contribution in [1.29, 1.82) is 0 Å². The Morgan fingerprint density at radius 2 is 2.05 bits per heavy atom. The summed E-state index contributed by atoms with van der Waals surface area (Å²) in [5, 5.41) is 5.98. The predicted molar refractivity (Wildman–Crippen MR) is 79.3 cm³/mol. The lowest BCUT2D eigenvalue weighted by atomic mass is 10.2.